The number of aliphatic carboxylic acids is 1. The summed E-state index contributed by atoms with van der Waals surface area (Å²) in [4.78, 5) is 25.7. The molecule has 34 heavy (non-hydrogen) atoms. The van der Waals surface area contributed by atoms with Crippen molar-refractivity contribution in [3.05, 3.63) is 11.6 Å². The fourth-order valence-corrected chi connectivity index (χ4v) is 9.59. The molecule has 0 aromatic carbocycles. The van der Waals surface area contributed by atoms with Crippen molar-refractivity contribution in [2.24, 2.45) is 51.8 Å². The second-order valence-electron chi connectivity index (χ2n) is 12.7. The Morgan fingerprint density at radius 1 is 0.941 bits per heavy atom. The maximum atomic E-state index is 13.9. The Hall–Kier alpha value is -1.16. The van der Waals surface area contributed by atoms with Crippen LogP contribution >= 0.6 is 0 Å². The second kappa shape index (κ2) is 9.37. The van der Waals surface area contributed by atoms with E-state index in [1.807, 2.05) is 19.9 Å². The Morgan fingerprint density at radius 2 is 1.56 bits per heavy atom. The van der Waals surface area contributed by atoms with Gasteiger partial charge in [-0.2, -0.15) is 0 Å². The molecule has 0 saturated heterocycles. The molecule has 8 unspecified atom stereocenters. The standard InChI is InChI=1S/C27H40O4.C2H6.CH4/c1-15-18-7-11-27(4)19-6-10-25(2)9-5-16(24(30)31)13-20(25)17(19)14-22(29)23(27)26(18,3)12-8-21(15)28;1-2;/h14-16,18-21,23,28H,5-13H2,1-4H3,(H,30,31);1-2H3;1H4/t15?,16-,18?,19?,20?,21?,23?,25?,26-,27?;;/m0../s1. The van der Waals surface area contributed by atoms with Crippen molar-refractivity contribution in [2.45, 2.75) is 113 Å². The molecule has 4 heteroatoms. The van der Waals surface area contributed by atoms with E-state index in [-0.39, 0.29) is 53.4 Å². The molecule has 4 fully saturated rings. The number of carboxylic acid groups (broad SMARTS) is 1. The van der Waals surface area contributed by atoms with E-state index in [4.69, 9.17) is 0 Å². The third kappa shape index (κ3) is 3.82. The van der Waals surface area contributed by atoms with Crippen LogP contribution in [0, 0.1) is 51.8 Å². The van der Waals surface area contributed by atoms with E-state index in [9.17, 15) is 19.8 Å². The SMILES string of the molecule is C.CC.CC1C(O)CC[C@@]2(C)C1CCC1(C)C3CCC4(C)CC[C@H](C(=O)O)CC4C3=CC(=O)C12. The zero-order valence-corrected chi connectivity index (χ0v) is 21.7. The summed E-state index contributed by atoms with van der Waals surface area (Å²) in [6, 6.07) is 0. The van der Waals surface area contributed by atoms with Crippen LogP contribution in [-0.2, 0) is 9.59 Å². The first kappa shape index (κ1) is 27.4. The molecule has 0 spiro atoms. The van der Waals surface area contributed by atoms with Gasteiger partial charge in [-0.05, 0) is 104 Å². The Bertz CT molecular complexity index is 832. The van der Waals surface area contributed by atoms with E-state index in [1.165, 1.54) is 5.57 Å². The highest BCUT2D eigenvalue weighted by Crippen LogP contribution is 2.69. The number of allylic oxidation sites excluding steroid dienone is 2. The molecule has 0 radical (unpaired) electrons. The third-order valence-electron chi connectivity index (χ3n) is 11.4. The van der Waals surface area contributed by atoms with Crippen molar-refractivity contribution in [3.63, 3.8) is 0 Å². The molecule has 5 aliphatic rings. The molecule has 0 bridgehead atoms. The summed E-state index contributed by atoms with van der Waals surface area (Å²) in [5.74, 6) is 0.697. The van der Waals surface area contributed by atoms with Crippen molar-refractivity contribution >= 4 is 11.8 Å². The fourth-order valence-electron chi connectivity index (χ4n) is 9.59. The van der Waals surface area contributed by atoms with Crippen LogP contribution in [0.15, 0.2) is 11.6 Å². The summed E-state index contributed by atoms with van der Waals surface area (Å²) < 4.78 is 0. The highest BCUT2D eigenvalue weighted by Gasteiger charge is 2.64. The highest BCUT2D eigenvalue weighted by atomic mass is 16.4. The summed E-state index contributed by atoms with van der Waals surface area (Å²) >= 11 is 0. The van der Waals surface area contributed by atoms with Crippen molar-refractivity contribution in [2.75, 3.05) is 0 Å². The van der Waals surface area contributed by atoms with Gasteiger partial charge in [-0.1, -0.05) is 54.5 Å². The molecular weight excluding hydrogens is 424 g/mol. The molecule has 0 aromatic rings. The van der Waals surface area contributed by atoms with Gasteiger partial charge in [0.1, 0.15) is 0 Å². The van der Waals surface area contributed by atoms with Crippen molar-refractivity contribution < 1.29 is 19.8 Å². The van der Waals surface area contributed by atoms with Crippen LogP contribution in [0.4, 0.5) is 0 Å². The lowest BCUT2D eigenvalue weighted by atomic mass is 9.38. The van der Waals surface area contributed by atoms with Gasteiger partial charge in [-0.25, -0.2) is 0 Å². The van der Waals surface area contributed by atoms with Gasteiger partial charge in [-0.15, -0.1) is 0 Å². The van der Waals surface area contributed by atoms with Gasteiger partial charge in [-0.3, -0.25) is 9.59 Å². The van der Waals surface area contributed by atoms with Gasteiger partial charge in [0, 0.05) is 5.92 Å². The van der Waals surface area contributed by atoms with Crippen LogP contribution < -0.4 is 0 Å². The van der Waals surface area contributed by atoms with Crippen LogP contribution in [0.3, 0.4) is 0 Å². The molecule has 4 nitrogen and oxygen atoms in total. The van der Waals surface area contributed by atoms with Crippen LogP contribution in [0.2, 0.25) is 0 Å². The predicted octanol–water partition coefficient (Wildman–Crippen LogP) is 6.90. The minimum Gasteiger partial charge on any atom is -0.481 e. The number of fused-ring (bicyclic) bond motifs is 7. The lowest BCUT2D eigenvalue weighted by molar-refractivity contribution is -0.169. The largest absolute Gasteiger partial charge is 0.481 e. The van der Waals surface area contributed by atoms with E-state index in [1.54, 1.807) is 0 Å². The maximum absolute atomic E-state index is 13.9. The van der Waals surface area contributed by atoms with Gasteiger partial charge in [0.2, 0.25) is 0 Å². The van der Waals surface area contributed by atoms with E-state index in [2.05, 4.69) is 27.7 Å². The van der Waals surface area contributed by atoms with Crippen molar-refractivity contribution in [3.8, 4) is 0 Å². The molecule has 0 heterocycles. The van der Waals surface area contributed by atoms with Crippen molar-refractivity contribution in [1.82, 2.24) is 0 Å². The molecule has 194 valence electrons. The summed E-state index contributed by atoms with van der Waals surface area (Å²) in [6.07, 6.45) is 10.4. The Kier molecular flexibility index (Phi) is 7.56. The van der Waals surface area contributed by atoms with Gasteiger partial charge < -0.3 is 10.2 Å². The Balaban J connectivity index is 0.00000105. The minimum atomic E-state index is -0.668. The smallest absolute Gasteiger partial charge is 0.306 e. The first-order chi connectivity index (χ1) is 15.5. The number of aliphatic hydroxyl groups excluding tert-OH is 1. The van der Waals surface area contributed by atoms with E-state index >= 15 is 0 Å². The molecule has 5 aliphatic carbocycles. The van der Waals surface area contributed by atoms with Crippen LogP contribution in [0.1, 0.15) is 107 Å². The maximum Gasteiger partial charge on any atom is 0.306 e. The fraction of sp³-hybridized carbons (Fsp3) is 0.867. The quantitative estimate of drug-likeness (QED) is 0.433. The summed E-state index contributed by atoms with van der Waals surface area (Å²) in [5.41, 5.74) is 1.37. The number of hydrogen-bond donors (Lipinski definition) is 2. The Morgan fingerprint density at radius 3 is 2.21 bits per heavy atom. The van der Waals surface area contributed by atoms with Gasteiger partial charge in [0.15, 0.2) is 5.78 Å². The number of carbonyl (C=O) groups is 2. The summed E-state index contributed by atoms with van der Waals surface area (Å²) in [6.45, 7) is 13.2. The zero-order valence-electron chi connectivity index (χ0n) is 21.7. The lowest BCUT2D eigenvalue weighted by Gasteiger charge is -2.65. The van der Waals surface area contributed by atoms with Gasteiger partial charge in [0.05, 0.1) is 12.0 Å². The summed E-state index contributed by atoms with van der Waals surface area (Å²) in [5, 5.41) is 20.2. The van der Waals surface area contributed by atoms with Gasteiger partial charge in [0.25, 0.3) is 0 Å². The Labute approximate surface area is 208 Å². The number of aliphatic hydroxyl groups is 1. The first-order valence-corrected chi connectivity index (χ1v) is 13.7. The summed E-state index contributed by atoms with van der Waals surface area (Å²) in [7, 11) is 0. The molecule has 0 amide bonds. The monoisotopic (exact) mass is 474 g/mol. The van der Waals surface area contributed by atoms with Crippen LogP contribution in [0.5, 0.6) is 0 Å². The first-order valence-electron chi connectivity index (χ1n) is 13.7. The van der Waals surface area contributed by atoms with Crippen LogP contribution in [-0.4, -0.2) is 28.1 Å². The zero-order chi connectivity index (χ0) is 24.3. The number of hydrogen-bond acceptors (Lipinski definition) is 3. The average molecular weight is 475 g/mol. The molecule has 4 saturated carbocycles. The van der Waals surface area contributed by atoms with Crippen molar-refractivity contribution in [1.29, 1.82) is 0 Å². The van der Waals surface area contributed by atoms with Gasteiger partial charge >= 0.3 is 5.97 Å². The number of ketones is 1. The topological polar surface area (TPSA) is 74.6 Å². The molecule has 0 aromatic heterocycles. The normalized spacial score (nSPS) is 49.4. The molecule has 10 atom stereocenters. The minimum absolute atomic E-state index is 0. The predicted molar refractivity (Wildman–Crippen MR) is 137 cm³/mol. The highest BCUT2D eigenvalue weighted by molar-refractivity contribution is 5.95. The lowest BCUT2D eigenvalue weighted by Crippen LogP contribution is -2.61. The molecule has 0 aliphatic heterocycles. The second-order valence-corrected chi connectivity index (χ2v) is 12.7. The van der Waals surface area contributed by atoms with E-state index in [0.717, 1.165) is 51.4 Å². The number of rotatable bonds is 1. The van der Waals surface area contributed by atoms with E-state index in [0.29, 0.717) is 24.0 Å². The number of carboxylic acids is 1. The van der Waals surface area contributed by atoms with E-state index < -0.39 is 5.97 Å². The average Bonchev–Trinajstić information content (AvgIpc) is 2.77. The molecule has 5 rings (SSSR count). The number of carbonyl (C=O) groups excluding carboxylic acids is 1. The molecular formula is C30H50O4. The molecule has 2 N–H and O–H groups in total. The third-order valence-corrected chi connectivity index (χ3v) is 11.4. The van der Waals surface area contributed by atoms with Crippen LogP contribution in [0.25, 0.3) is 0 Å².